The summed E-state index contributed by atoms with van der Waals surface area (Å²) < 4.78 is 1.19. The van der Waals surface area contributed by atoms with Gasteiger partial charge in [-0.15, -0.1) is 0 Å². The number of aromatic nitrogens is 3. The molecular formula is C24H24N4O3. The van der Waals surface area contributed by atoms with Crippen LogP contribution in [0.4, 0.5) is 0 Å². The van der Waals surface area contributed by atoms with Gasteiger partial charge >= 0.3 is 5.69 Å². The number of aromatic amines is 2. The smallest absolute Gasteiger partial charge is 0.335 e. The van der Waals surface area contributed by atoms with Crippen LogP contribution in [-0.4, -0.2) is 38.1 Å². The number of nitrogens with one attached hydrogen (secondary N) is 2. The molecule has 0 amide bonds. The molecule has 0 spiro atoms. The van der Waals surface area contributed by atoms with Crippen molar-refractivity contribution in [2.45, 2.75) is 26.3 Å². The normalized spacial score (nSPS) is 16.5. The molecule has 2 aromatic heterocycles. The van der Waals surface area contributed by atoms with Crippen LogP contribution in [0.1, 0.15) is 34.0 Å². The van der Waals surface area contributed by atoms with Gasteiger partial charge in [-0.1, -0.05) is 35.9 Å². The standard InChI is InChI=1S/C24H24N4O3/c1-13-8-9-18(14(2)12-13)28-23(30)19(22(29)26-24(28)31)21-20-16(10-11-27(21)3)15-6-4-5-7-17(15)25-20/h4-9,12,21,25,30H,10-11H2,1-3H3,(H,26,29,31). The van der Waals surface area contributed by atoms with Crippen LogP contribution < -0.4 is 11.2 Å². The molecule has 1 unspecified atom stereocenters. The van der Waals surface area contributed by atoms with Gasteiger partial charge in [-0.25, -0.2) is 9.36 Å². The van der Waals surface area contributed by atoms with E-state index in [9.17, 15) is 14.7 Å². The van der Waals surface area contributed by atoms with Crippen molar-refractivity contribution in [1.29, 1.82) is 0 Å². The highest BCUT2D eigenvalue weighted by Crippen LogP contribution is 2.39. The number of likely N-dealkylation sites (N-methyl/N-ethyl adjacent to an activating group) is 1. The average Bonchev–Trinajstić information content (AvgIpc) is 3.09. The van der Waals surface area contributed by atoms with E-state index in [1.807, 2.05) is 56.1 Å². The summed E-state index contributed by atoms with van der Waals surface area (Å²) in [5.74, 6) is -0.330. The fourth-order valence-corrected chi connectivity index (χ4v) is 4.79. The van der Waals surface area contributed by atoms with E-state index in [0.717, 1.165) is 46.3 Å². The van der Waals surface area contributed by atoms with Crippen LogP contribution in [0.3, 0.4) is 0 Å². The molecule has 1 aliphatic rings. The average molecular weight is 416 g/mol. The van der Waals surface area contributed by atoms with Gasteiger partial charge in [0.05, 0.1) is 11.7 Å². The lowest BCUT2D eigenvalue weighted by Crippen LogP contribution is -2.39. The Labute approximate surface area is 178 Å². The van der Waals surface area contributed by atoms with Crippen molar-refractivity contribution in [1.82, 2.24) is 19.4 Å². The largest absolute Gasteiger partial charge is 0.494 e. The van der Waals surface area contributed by atoms with E-state index in [0.29, 0.717) is 5.69 Å². The van der Waals surface area contributed by atoms with Gasteiger partial charge in [-0.05, 0) is 50.6 Å². The highest BCUT2D eigenvalue weighted by atomic mass is 16.3. The number of para-hydroxylation sites is 1. The molecule has 31 heavy (non-hydrogen) atoms. The number of aromatic hydroxyl groups is 1. The van der Waals surface area contributed by atoms with Gasteiger partial charge < -0.3 is 10.1 Å². The first-order chi connectivity index (χ1) is 14.9. The van der Waals surface area contributed by atoms with Crippen molar-refractivity contribution < 1.29 is 5.11 Å². The van der Waals surface area contributed by atoms with E-state index in [1.54, 1.807) is 6.07 Å². The molecule has 1 aliphatic heterocycles. The molecule has 5 rings (SSSR count). The zero-order valence-corrected chi connectivity index (χ0v) is 17.7. The zero-order chi connectivity index (χ0) is 21.9. The maximum absolute atomic E-state index is 13.0. The minimum atomic E-state index is -0.659. The van der Waals surface area contributed by atoms with E-state index in [4.69, 9.17) is 0 Å². The number of hydrogen-bond donors (Lipinski definition) is 3. The van der Waals surface area contributed by atoms with Gasteiger partial charge in [0.15, 0.2) is 0 Å². The van der Waals surface area contributed by atoms with E-state index < -0.39 is 17.3 Å². The van der Waals surface area contributed by atoms with Crippen molar-refractivity contribution >= 4 is 10.9 Å². The van der Waals surface area contributed by atoms with Crippen LogP contribution >= 0.6 is 0 Å². The van der Waals surface area contributed by atoms with Crippen LogP contribution in [0.25, 0.3) is 16.6 Å². The lowest BCUT2D eigenvalue weighted by Gasteiger charge is -2.33. The van der Waals surface area contributed by atoms with Crippen molar-refractivity contribution in [3.8, 4) is 11.6 Å². The Hall–Kier alpha value is -3.58. The molecule has 0 fully saturated rings. The predicted octanol–water partition coefficient (Wildman–Crippen LogP) is 2.91. The molecule has 2 aromatic carbocycles. The van der Waals surface area contributed by atoms with Crippen LogP contribution in [0.5, 0.6) is 5.88 Å². The number of rotatable bonds is 2. The van der Waals surface area contributed by atoms with Gasteiger partial charge in [0.2, 0.25) is 5.88 Å². The summed E-state index contributed by atoms with van der Waals surface area (Å²) in [6.07, 6.45) is 0.835. The number of aryl methyl sites for hydroxylation is 2. The van der Waals surface area contributed by atoms with Crippen LogP contribution in [0.15, 0.2) is 52.1 Å². The number of H-pyrrole nitrogens is 2. The number of hydrogen-bond acceptors (Lipinski definition) is 4. The number of fused-ring (bicyclic) bond motifs is 3. The Balaban J connectivity index is 1.79. The first-order valence-electron chi connectivity index (χ1n) is 10.3. The lowest BCUT2D eigenvalue weighted by atomic mass is 9.93. The number of benzene rings is 2. The second kappa shape index (κ2) is 6.99. The third-order valence-electron chi connectivity index (χ3n) is 6.26. The Morgan fingerprint density at radius 3 is 2.61 bits per heavy atom. The minimum absolute atomic E-state index is 0.162. The van der Waals surface area contributed by atoms with E-state index in [-0.39, 0.29) is 11.4 Å². The monoisotopic (exact) mass is 416 g/mol. The van der Waals surface area contributed by atoms with E-state index in [1.165, 1.54) is 4.57 Å². The molecule has 1 atom stereocenters. The maximum Gasteiger partial charge on any atom is 0.335 e. The Morgan fingerprint density at radius 1 is 1.06 bits per heavy atom. The third-order valence-corrected chi connectivity index (χ3v) is 6.26. The van der Waals surface area contributed by atoms with Gasteiger partial charge in [0, 0.05) is 23.1 Å². The molecule has 3 N–H and O–H groups in total. The van der Waals surface area contributed by atoms with Gasteiger partial charge in [-0.2, -0.15) is 0 Å². The van der Waals surface area contributed by atoms with Crippen LogP contribution in [0.2, 0.25) is 0 Å². The highest BCUT2D eigenvalue weighted by Gasteiger charge is 2.34. The van der Waals surface area contributed by atoms with Crippen LogP contribution in [-0.2, 0) is 6.42 Å². The Morgan fingerprint density at radius 2 is 1.84 bits per heavy atom. The van der Waals surface area contributed by atoms with Crippen molar-refractivity contribution in [3.05, 3.63) is 91.3 Å². The summed E-state index contributed by atoms with van der Waals surface area (Å²) >= 11 is 0. The Kier molecular flexibility index (Phi) is 4.37. The summed E-state index contributed by atoms with van der Waals surface area (Å²) in [6.45, 7) is 4.56. The summed E-state index contributed by atoms with van der Waals surface area (Å²) in [4.78, 5) is 33.6. The second-order valence-electron chi connectivity index (χ2n) is 8.32. The zero-order valence-electron chi connectivity index (χ0n) is 17.7. The van der Waals surface area contributed by atoms with Gasteiger partial charge in [-0.3, -0.25) is 14.7 Å². The molecule has 7 nitrogen and oxygen atoms in total. The first kappa shape index (κ1) is 19.4. The fraction of sp³-hybridized carbons (Fsp3) is 0.250. The molecule has 0 saturated carbocycles. The quantitative estimate of drug-likeness (QED) is 0.468. The topological polar surface area (TPSA) is 94.1 Å². The molecule has 0 bridgehead atoms. The summed E-state index contributed by atoms with van der Waals surface area (Å²) in [5, 5.41) is 12.4. The maximum atomic E-state index is 13.0. The van der Waals surface area contributed by atoms with Crippen molar-refractivity contribution in [3.63, 3.8) is 0 Å². The molecule has 7 heteroatoms. The molecule has 0 radical (unpaired) electrons. The third kappa shape index (κ3) is 2.92. The first-order valence-corrected chi connectivity index (χ1v) is 10.3. The summed E-state index contributed by atoms with van der Waals surface area (Å²) in [6, 6.07) is 13.1. The molecule has 158 valence electrons. The van der Waals surface area contributed by atoms with Crippen molar-refractivity contribution in [2.24, 2.45) is 0 Å². The molecule has 3 heterocycles. The Bertz CT molecular complexity index is 1440. The number of nitrogens with zero attached hydrogens (tertiary/aromatic N) is 2. The molecule has 4 aromatic rings. The predicted molar refractivity (Wildman–Crippen MR) is 120 cm³/mol. The highest BCUT2D eigenvalue weighted by molar-refractivity contribution is 5.85. The summed E-state index contributed by atoms with van der Waals surface area (Å²) in [5.41, 5.74) is 4.36. The SMILES string of the molecule is Cc1ccc(-n2c(O)c(C3c4[nH]c5ccccc5c4CCN3C)c(=O)[nH]c2=O)c(C)c1. The lowest BCUT2D eigenvalue weighted by molar-refractivity contribution is 0.251. The van der Waals surface area contributed by atoms with Crippen molar-refractivity contribution in [2.75, 3.05) is 13.6 Å². The minimum Gasteiger partial charge on any atom is -0.494 e. The second-order valence-corrected chi connectivity index (χ2v) is 8.32. The van der Waals surface area contributed by atoms with E-state index in [2.05, 4.69) is 16.0 Å². The molecule has 0 saturated heterocycles. The fourth-order valence-electron chi connectivity index (χ4n) is 4.79. The van der Waals surface area contributed by atoms with Crippen LogP contribution in [0, 0.1) is 13.8 Å². The molecular weight excluding hydrogens is 392 g/mol. The molecule has 0 aliphatic carbocycles. The summed E-state index contributed by atoms with van der Waals surface area (Å²) in [7, 11) is 1.92. The van der Waals surface area contributed by atoms with Gasteiger partial charge in [0.1, 0.15) is 5.56 Å². The van der Waals surface area contributed by atoms with Gasteiger partial charge in [0.25, 0.3) is 5.56 Å². The van der Waals surface area contributed by atoms with E-state index >= 15 is 0 Å².